The first-order chi connectivity index (χ1) is 11.3. The van der Waals surface area contributed by atoms with Crippen LogP contribution in [0.25, 0.3) is 11.6 Å². The molecule has 0 heterocycles. The molecule has 0 nitrogen and oxygen atoms in total. The standard InChI is InChI=1S/C22H26.C2H6/c1-7-17-10-8-9-11-18(17)14-19-15-20(22(4,5)6)12-13-21(19)16(2)3;1-2/h7-13,15H,1-2,14H2,3-6H3;1-2H3. The van der Waals surface area contributed by atoms with Gasteiger partial charge in [-0.15, -0.1) is 0 Å². The summed E-state index contributed by atoms with van der Waals surface area (Å²) in [5, 5.41) is 0. The smallest absolute Gasteiger partial charge is 0.00137 e. The zero-order valence-corrected chi connectivity index (χ0v) is 16.2. The van der Waals surface area contributed by atoms with Crippen LogP contribution in [-0.4, -0.2) is 0 Å². The van der Waals surface area contributed by atoms with Gasteiger partial charge in [-0.3, -0.25) is 0 Å². The fourth-order valence-corrected chi connectivity index (χ4v) is 2.72. The van der Waals surface area contributed by atoms with Crippen LogP contribution in [0, 0.1) is 0 Å². The first kappa shape index (κ1) is 20.0. The predicted molar refractivity (Wildman–Crippen MR) is 111 cm³/mol. The van der Waals surface area contributed by atoms with Gasteiger partial charge in [-0.05, 0) is 46.6 Å². The molecule has 128 valence electrons. The van der Waals surface area contributed by atoms with E-state index in [1.54, 1.807) is 0 Å². The molecule has 0 saturated heterocycles. The van der Waals surface area contributed by atoms with Gasteiger partial charge >= 0.3 is 0 Å². The van der Waals surface area contributed by atoms with Gasteiger partial charge in [0.05, 0.1) is 0 Å². The van der Waals surface area contributed by atoms with Gasteiger partial charge in [0.15, 0.2) is 0 Å². The molecule has 0 N–H and O–H groups in total. The summed E-state index contributed by atoms with van der Waals surface area (Å²) in [5.41, 5.74) is 7.75. The second kappa shape index (κ2) is 8.68. The summed E-state index contributed by atoms with van der Waals surface area (Å²) in [4.78, 5) is 0. The quantitative estimate of drug-likeness (QED) is 0.555. The molecule has 0 aliphatic carbocycles. The van der Waals surface area contributed by atoms with E-state index in [2.05, 4.69) is 83.3 Å². The van der Waals surface area contributed by atoms with E-state index in [-0.39, 0.29) is 5.41 Å². The molecule has 0 aliphatic heterocycles. The maximum Gasteiger partial charge on any atom is -0.00137 e. The third-order valence-electron chi connectivity index (χ3n) is 4.09. The van der Waals surface area contributed by atoms with E-state index in [1.807, 2.05) is 19.9 Å². The number of hydrogen-bond acceptors (Lipinski definition) is 0. The molecule has 2 rings (SSSR count). The monoisotopic (exact) mass is 320 g/mol. The van der Waals surface area contributed by atoms with Crippen LogP contribution >= 0.6 is 0 Å². The Balaban J connectivity index is 0.00000139. The van der Waals surface area contributed by atoms with E-state index in [4.69, 9.17) is 0 Å². The molecule has 0 heteroatoms. The van der Waals surface area contributed by atoms with Crippen molar-refractivity contribution in [2.45, 2.75) is 53.4 Å². The van der Waals surface area contributed by atoms with Crippen LogP contribution in [0.1, 0.15) is 69.4 Å². The van der Waals surface area contributed by atoms with E-state index >= 15 is 0 Å². The first-order valence-electron chi connectivity index (χ1n) is 8.82. The summed E-state index contributed by atoms with van der Waals surface area (Å²) in [5.74, 6) is 0. The predicted octanol–water partition coefficient (Wildman–Crippen LogP) is 7.28. The van der Waals surface area contributed by atoms with E-state index in [0.717, 1.165) is 12.0 Å². The Morgan fingerprint density at radius 2 is 1.62 bits per heavy atom. The van der Waals surface area contributed by atoms with Crippen LogP contribution in [-0.2, 0) is 11.8 Å². The molecule has 0 saturated carbocycles. The van der Waals surface area contributed by atoms with Crippen LogP contribution in [0.4, 0.5) is 0 Å². The van der Waals surface area contributed by atoms with Crippen LogP contribution in [0.15, 0.2) is 55.6 Å². The summed E-state index contributed by atoms with van der Waals surface area (Å²) in [6.45, 7) is 20.9. The molecule has 2 aromatic carbocycles. The molecule has 0 amide bonds. The minimum absolute atomic E-state index is 0.153. The molecule has 0 fully saturated rings. The fraction of sp³-hybridized carbons (Fsp3) is 0.333. The largest absolute Gasteiger partial charge is 0.0985 e. The maximum absolute atomic E-state index is 4.14. The summed E-state index contributed by atoms with van der Waals surface area (Å²) < 4.78 is 0. The topological polar surface area (TPSA) is 0 Å². The lowest BCUT2D eigenvalue weighted by atomic mass is 9.83. The van der Waals surface area contributed by atoms with Crippen molar-refractivity contribution < 1.29 is 0 Å². The van der Waals surface area contributed by atoms with Crippen molar-refractivity contribution in [3.05, 3.63) is 83.4 Å². The Kier molecular flexibility index (Phi) is 7.22. The highest BCUT2D eigenvalue weighted by molar-refractivity contribution is 5.66. The van der Waals surface area contributed by atoms with Gasteiger partial charge in [0.2, 0.25) is 0 Å². The zero-order chi connectivity index (χ0) is 18.3. The van der Waals surface area contributed by atoms with Crippen molar-refractivity contribution in [3.8, 4) is 0 Å². The molecular formula is C24H32. The average Bonchev–Trinajstić information content (AvgIpc) is 2.56. The van der Waals surface area contributed by atoms with Crippen molar-refractivity contribution in [3.63, 3.8) is 0 Å². The SMILES string of the molecule is C=Cc1ccccc1Cc1cc(C(C)(C)C)ccc1C(=C)C.CC. The van der Waals surface area contributed by atoms with E-state index in [0.29, 0.717) is 0 Å². The summed E-state index contributed by atoms with van der Waals surface area (Å²) in [7, 11) is 0. The van der Waals surface area contributed by atoms with Gasteiger partial charge in [-0.25, -0.2) is 0 Å². The van der Waals surface area contributed by atoms with Crippen LogP contribution in [0.3, 0.4) is 0 Å². The number of hydrogen-bond donors (Lipinski definition) is 0. The van der Waals surface area contributed by atoms with Gasteiger partial charge in [-0.2, -0.15) is 0 Å². The van der Waals surface area contributed by atoms with E-state index in [1.165, 1.54) is 27.8 Å². The summed E-state index contributed by atoms with van der Waals surface area (Å²) >= 11 is 0. The molecular weight excluding hydrogens is 288 g/mol. The summed E-state index contributed by atoms with van der Waals surface area (Å²) in [6, 6.07) is 15.2. The van der Waals surface area contributed by atoms with Gasteiger partial charge in [-0.1, -0.05) is 102 Å². The minimum Gasteiger partial charge on any atom is -0.0985 e. The molecule has 0 unspecified atom stereocenters. The number of benzene rings is 2. The molecule has 0 aromatic heterocycles. The van der Waals surface area contributed by atoms with Crippen molar-refractivity contribution >= 4 is 11.6 Å². The van der Waals surface area contributed by atoms with Crippen molar-refractivity contribution in [1.82, 2.24) is 0 Å². The fourth-order valence-electron chi connectivity index (χ4n) is 2.72. The molecule has 24 heavy (non-hydrogen) atoms. The molecule has 2 aromatic rings. The Morgan fingerprint density at radius 3 is 2.17 bits per heavy atom. The molecule has 0 aliphatic rings. The Morgan fingerprint density at radius 1 is 1.00 bits per heavy atom. The van der Waals surface area contributed by atoms with Crippen molar-refractivity contribution in [1.29, 1.82) is 0 Å². The third-order valence-corrected chi connectivity index (χ3v) is 4.09. The average molecular weight is 321 g/mol. The van der Waals surface area contributed by atoms with E-state index in [9.17, 15) is 0 Å². The lowest BCUT2D eigenvalue weighted by Gasteiger charge is -2.22. The number of allylic oxidation sites excluding steroid dienone is 1. The first-order valence-corrected chi connectivity index (χ1v) is 8.82. The number of rotatable bonds is 4. The van der Waals surface area contributed by atoms with Crippen molar-refractivity contribution in [2.75, 3.05) is 0 Å². The lowest BCUT2D eigenvalue weighted by Crippen LogP contribution is -2.12. The lowest BCUT2D eigenvalue weighted by molar-refractivity contribution is 0.589. The van der Waals surface area contributed by atoms with Crippen LogP contribution in [0.5, 0.6) is 0 Å². The molecule has 0 bridgehead atoms. The van der Waals surface area contributed by atoms with Crippen molar-refractivity contribution in [2.24, 2.45) is 0 Å². The third kappa shape index (κ3) is 4.96. The molecule has 0 radical (unpaired) electrons. The second-order valence-electron chi connectivity index (χ2n) is 6.98. The Labute approximate surface area is 148 Å². The van der Waals surface area contributed by atoms with Crippen LogP contribution in [0.2, 0.25) is 0 Å². The van der Waals surface area contributed by atoms with Gasteiger partial charge in [0, 0.05) is 0 Å². The highest BCUT2D eigenvalue weighted by Crippen LogP contribution is 2.29. The van der Waals surface area contributed by atoms with Gasteiger partial charge < -0.3 is 0 Å². The van der Waals surface area contributed by atoms with Crippen LogP contribution < -0.4 is 0 Å². The normalized spacial score (nSPS) is 10.6. The highest BCUT2D eigenvalue weighted by Gasteiger charge is 2.16. The Hall–Kier alpha value is -2.08. The highest BCUT2D eigenvalue weighted by atomic mass is 14.2. The van der Waals surface area contributed by atoms with Gasteiger partial charge in [0.1, 0.15) is 0 Å². The minimum atomic E-state index is 0.153. The summed E-state index contributed by atoms with van der Waals surface area (Å²) in [6.07, 6.45) is 2.84. The molecule has 0 atom stereocenters. The van der Waals surface area contributed by atoms with E-state index < -0.39 is 0 Å². The maximum atomic E-state index is 4.14. The zero-order valence-electron chi connectivity index (χ0n) is 16.2. The Bertz CT molecular complexity index is 696. The second-order valence-corrected chi connectivity index (χ2v) is 6.98. The van der Waals surface area contributed by atoms with Gasteiger partial charge in [0.25, 0.3) is 0 Å². The molecule has 0 spiro atoms.